The molecule has 0 aromatic heterocycles. The van der Waals surface area contributed by atoms with Crippen LogP contribution in [-0.4, -0.2) is 0 Å². The minimum atomic E-state index is -0.193. The van der Waals surface area contributed by atoms with Gasteiger partial charge in [-0.2, -0.15) is 0 Å². The van der Waals surface area contributed by atoms with Crippen LogP contribution >= 0.6 is 27.5 Å². The predicted molar refractivity (Wildman–Crippen MR) is 76.1 cm³/mol. The van der Waals surface area contributed by atoms with Crippen molar-refractivity contribution in [3.63, 3.8) is 0 Å². The minimum Gasteiger partial charge on any atom is -0.309 e. The smallest absolute Gasteiger partial charge is 0.127 e. The monoisotopic (exact) mass is 327 g/mol. The molecule has 1 N–H and O–H groups in total. The van der Waals surface area contributed by atoms with Gasteiger partial charge in [-0.3, -0.25) is 0 Å². The van der Waals surface area contributed by atoms with Crippen LogP contribution in [0.2, 0.25) is 5.02 Å². The summed E-state index contributed by atoms with van der Waals surface area (Å²) < 4.78 is 14.4. The zero-order chi connectivity index (χ0) is 13.0. The molecule has 0 atom stereocenters. The van der Waals surface area contributed by atoms with Crippen LogP contribution in [0.1, 0.15) is 11.1 Å². The first-order chi connectivity index (χ1) is 8.65. The molecule has 0 fully saturated rings. The first-order valence-corrected chi connectivity index (χ1v) is 6.71. The first kappa shape index (κ1) is 13.5. The lowest BCUT2D eigenvalue weighted by Gasteiger charge is -2.07. The molecule has 18 heavy (non-hydrogen) atoms. The fraction of sp³-hybridized carbons (Fsp3) is 0.143. The van der Waals surface area contributed by atoms with Crippen LogP contribution in [0.15, 0.2) is 46.9 Å². The van der Waals surface area contributed by atoms with Crippen LogP contribution in [-0.2, 0) is 13.1 Å². The quantitative estimate of drug-likeness (QED) is 0.869. The molecule has 0 saturated carbocycles. The lowest BCUT2D eigenvalue weighted by atomic mass is 10.2. The Morgan fingerprint density at radius 2 is 1.78 bits per heavy atom. The Labute approximate surface area is 119 Å². The van der Waals surface area contributed by atoms with E-state index in [0.29, 0.717) is 18.7 Å². The highest BCUT2D eigenvalue weighted by Crippen LogP contribution is 2.15. The second kappa shape index (κ2) is 6.32. The van der Waals surface area contributed by atoms with Crippen LogP contribution in [0.4, 0.5) is 4.39 Å². The molecule has 4 heteroatoms. The summed E-state index contributed by atoms with van der Waals surface area (Å²) in [4.78, 5) is 0. The number of hydrogen-bond donors (Lipinski definition) is 1. The van der Waals surface area contributed by atoms with Crippen molar-refractivity contribution in [3.05, 3.63) is 68.9 Å². The topological polar surface area (TPSA) is 12.0 Å². The summed E-state index contributed by atoms with van der Waals surface area (Å²) in [7, 11) is 0. The van der Waals surface area contributed by atoms with Crippen molar-refractivity contribution in [3.8, 4) is 0 Å². The standard InChI is InChI=1S/C14H12BrClFN/c15-12-3-6-14(17)11(7-12)9-18-8-10-1-4-13(16)5-2-10/h1-7,18H,8-9H2. The van der Waals surface area contributed by atoms with Crippen LogP contribution in [0.5, 0.6) is 0 Å². The molecule has 0 aliphatic rings. The Bertz CT molecular complexity index is 528. The van der Waals surface area contributed by atoms with Gasteiger partial charge >= 0.3 is 0 Å². The highest BCUT2D eigenvalue weighted by atomic mass is 79.9. The normalized spacial score (nSPS) is 10.6. The summed E-state index contributed by atoms with van der Waals surface area (Å²) >= 11 is 9.14. The summed E-state index contributed by atoms with van der Waals surface area (Å²) in [6.07, 6.45) is 0. The number of nitrogens with one attached hydrogen (secondary N) is 1. The molecule has 0 spiro atoms. The van der Waals surface area contributed by atoms with Crippen molar-refractivity contribution in [2.24, 2.45) is 0 Å². The Kier molecular flexibility index (Phi) is 4.75. The molecule has 94 valence electrons. The maximum absolute atomic E-state index is 13.5. The van der Waals surface area contributed by atoms with Gasteiger partial charge in [-0.05, 0) is 35.9 Å². The molecule has 2 aromatic carbocycles. The van der Waals surface area contributed by atoms with Crippen molar-refractivity contribution in [2.75, 3.05) is 0 Å². The Morgan fingerprint density at radius 3 is 2.50 bits per heavy atom. The van der Waals surface area contributed by atoms with Gasteiger partial charge in [0.25, 0.3) is 0 Å². The molecule has 0 bridgehead atoms. The average Bonchev–Trinajstić information content (AvgIpc) is 2.36. The molecule has 1 nitrogen and oxygen atoms in total. The Balaban J connectivity index is 1.92. The summed E-state index contributed by atoms with van der Waals surface area (Å²) in [5.41, 5.74) is 1.77. The van der Waals surface area contributed by atoms with E-state index < -0.39 is 0 Å². The molecule has 0 aliphatic carbocycles. The van der Waals surface area contributed by atoms with Gasteiger partial charge in [0.05, 0.1) is 0 Å². The van der Waals surface area contributed by atoms with Crippen molar-refractivity contribution in [2.45, 2.75) is 13.1 Å². The third kappa shape index (κ3) is 3.80. The van der Waals surface area contributed by atoms with Crippen molar-refractivity contribution in [1.29, 1.82) is 0 Å². The van der Waals surface area contributed by atoms with Gasteiger partial charge in [-0.15, -0.1) is 0 Å². The maximum Gasteiger partial charge on any atom is 0.127 e. The van der Waals surface area contributed by atoms with Gasteiger partial charge in [0, 0.05) is 28.1 Å². The molecule has 0 radical (unpaired) electrons. The third-order valence-electron chi connectivity index (χ3n) is 2.57. The highest BCUT2D eigenvalue weighted by molar-refractivity contribution is 9.10. The third-order valence-corrected chi connectivity index (χ3v) is 3.31. The van der Waals surface area contributed by atoms with Gasteiger partial charge in [-0.1, -0.05) is 39.7 Å². The van der Waals surface area contributed by atoms with E-state index in [2.05, 4.69) is 21.2 Å². The second-order valence-corrected chi connectivity index (χ2v) is 5.32. The van der Waals surface area contributed by atoms with E-state index in [1.165, 1.54) is 6.07 Å². The number of rotatable bonds is 4. The van der Waals surface area contributed by atoms with E-state index in [4.69, 9.17) is 11.6 Å². The summed E-state index contributed by atoms with van der Waals surface area (Å²) in [5.74, 6) is -0.193. The van der Waals surface area contributed by atoms with Gasteiger partial charge in [-0.25, -0.2) is 4.39 Å². The number of hydrogen-bond acceptors (Lipinski definition) is 1. The van der Waals surface area contributed by atoms with E-state index in [-0.39, 0.29) is 5.82 Å². The van der Waals surface area contributed by atoms with E-state index in [1.54, 1.807) is 12.1 Å². The molecular formula is C14H12BrClFN. The van der Waals surface area contributed by atoms with E-state index in [9.17, 15) is 4.39 Å². The molecule has 0 amide bonds. The van der Waals surface area contributed by atoms with Crippen molar-refractivity contribution < 1.29 is 4.39 Å². The summed E-state index contributed by atoms with van der Waals surface area (Å²) in [6, 6.07) is 12.5. The number of benzene rings is 2. The molecular weight excluding hydrogens is 317 g/mol. The Morgan fingerprint density at radius 1 is 1.06 bits per heavy atom. The predicted octanol–water partition coefficient (Wildman–Crippen LogP) is 4.53. The largest absolute Gasteiger partial charge is 0.309 e. The SMILES string of the molecule is Fc1ccc(Br)cc1CNCc1ccc(Cl)cc1. The van der Waals surface area contributed by atoms with Crippen molar-refractivity contribution >= 4 is 27.5 Å². The second-order valence-electron chi connectivity index (χ2n) is 3.97. The van der Waals surface area contributed by atoms with Crippen molar-refractivity contribution in [1.82, 2.24) is 5.32 Å². The van der Waals surface area contributed by atoms with Crippen LogP contribution in [0.25, 0.3) is 0 Å². The molecule has 2 aromatic rings. The summed E-state index contributed by atoms with van der Waals surface area (Å²) in [6.45, 7) is 1.18. The fourth-order valence-corrected chi connectivity index (χ4v) is 2.16. The lowest BCUT2D eigenvalue weighted by Crippen LogP contribution is -2.13. The van der Waals surface area contributed by atoms with Gasteiger partial charge in [0.15, 0.2) is 0 Å². The zero-order valence-corrected chi connectivity index (χ0v) is 11.9. The van der Waals surface area contributed by atoms with Gasteiger partial charge in [0.2, 0.25) is 0 Å². The Hall–Kier alpha value is -0.900. The van der Waals surface area contributed by atoms with Crippen LogP contribution < -0.4 is 5.32 Å². The van der Waals surface area contributed by atoms with Crippen LogP contribution in [0.3, 0.4) is 0 Å². The average molecular weight is 329 g/mol. The molecule has 0 unspecified atom stereocenters. The first-order valence-electron chi connectivity index (χ1n) is 5.54. The molecule has 0 saturated heterocycles. The van der Waals surface area contributed by atoms with Gasteiger partial charge < -0.3 is 5.32 Å². The van der Waals surface area contributed by atoms with E-state index in [0.717, 1.165) is 15.1 Å². The van der Waals surface area contributed by atoms with E-state index >= 15 is 0 Å². The lowest BCUT2D eigenvalue weighted by molar-refractivity contribution is 0.587. The summed E-state index contributed by atoms with van der Waals surface area (Å²) in [5, 5.41) is 3.92. The highest BCUT2D eigenvalue weighted by Gasteiger charge is 2.02. The molecule has 2 rings (SSSR count). The minimum absolute atomic E-state index is 0.193. The molecule has 0 aliphatic heterocycles. The number of halogens is 3. The van der Waals surface area contributed by atoms with E-state index in [1.807, 2.05) is 24.3 Å². The maximum atomic E-state index is 13.5. The fourth-order valence-electron chi connectivity index (χ4n) is 1.62. The van der Waals surface area contributed by atoms with Gasteiger partial charge in [0.1, 0.15) is 5.82 Å². The zero-order valence-electron chi connectivity index (χ0n) is 9.59. The van der Waals surface area contributed by atoms with Crippen LogP contribution in [0, 0.1) is 5.82 Å². The molecule has 0 heterocycles.